The van der Waals surface area contributed by atoms with E-state index in [1.165, 1.54) is 18.1 Å². The van der Waals surface area contributed by atoms with Crippen LogP contribution in [0.5, 0.6) is 5.75 Å². The van der Waals surface area contributed by atoms with Crippen molar-refractivity contribution in [3.63, 3.8) is 0 Å². The van der Waals surface area contributed by atoms with Gasteiger partial charge < -0.3 is 4.74 Å². The van der Waals surface area contributed by atoms with E-state index in [2.05, 4.69) is 25.1 Å². The summed E-state index contributed by atoms with van der Waals surface area (Å²) in [5.74, 6) is 0.652. The normalized spacial score (nSPS) is 11.1. The van der Waals surface area contributed by atoms with Gasteiger partial charge in [0.05, 0.1) is 10.0 Å². The molecule has 0 aliphatic heterocycles. The second kappa shape index (κ2) is 7.72. The number of nitrogens with zero attached hydrogens (tertiary/aromatic N) is 4. The van der Waals surface area contributed by atoms with Gasteiger partial charge in [0, 0.05) is 33.9 Å². The van der Waals surface area contributed by atoms with Crippen LogP contribution < -0.4 is 4.74 Å². The number of aromatic nitrogens is 5. The van der Waals surface area contributed by atoms with Crippen LogP contribution in [0.1, 0.15) is 11.3 Å². The number of nitrogens with one attached hydrogen (secondary N) is 1. The number of ether oxygens (including phenoxy) is 1. The SMILES string of the molecule is Cc1cc(Sc2ncn[nH]2)c2cccc(OCc3c(Cl)cncc3Cl)c2n1. The Morgan fingerprint density at radius 2 is 2.00 bits per heavy atom. The summed E-state index contributed by atoms with van der Waals surface area (Å²) in [5, 5.41) is 9.36. The number of aromatic amines is 1. The van der Waals surface area contributed by atoms with Crippen molar-refractivity contribution in [1.82, 2.24) is 25.1 Å². The standard InChI is InChI=1S/C18H13Cl2N5OS/c1-10-5-16(27-18-22-9-23-25-18)11-3-2-4-15(17(11)24-10)26-8-12-13(19)6-21-7-14(12)20/h2-7,9H,8H2,1H3,(H,22,23,25). The van der Waals surface area contributed by atoms with Gasteiger partial charge in [-0.3, -0.25) is 10.1 Å². The molecule has 3 heterocycles. The molecule has 0 atom stereocenters. The van der Waals surface area contributed by atoms with Gasteiger partial charge in [0.25, 0.3) is 0 Å². The van der Waals surface area contributed by atoms with Crippen LogP contribution in [0, 0.1) is 6.92 Å². The number of pyridine rings is 2. The highest BCUT2D eigenvalue weighted by atomic mass is 35.5. The van der Waals surface area contributed by atoms with Crippen molar-refractivity contribution >= 4 is 45.9 Å². The lowest BCUT2D eigenvalue weighted by atomic mass is 10.2. The lowest BCUT2D eigenvalue weighted by Gasteiger charge is -2.13. The maximum atomic E-state index is 6.18. The topological polar surface area (TPSA) is 76.6 Å². The van der Waals surface area contributed by atoms with Gasteiger partial charge in [-0.1, -0.05) is 35.3 Å². The zero-order chi connectivity index (χ0) is 18.8. The molecule has 9 heteroatoms. The summed E-state index contributed by atoms with van der Waals surface area (Å²) in [4.78, 5) is 13.8. The van der Waals surface area contributed by atoms with E-state index in [1.807, 2.05) is 31.2 Å². The number of para-hydroxylation sites is 1. The molecule has 0 saturated carbocycles. The fraction of sp³-hybridized carbons (Fsp3) is 0.111. The van der Waals surface area contributed by atoms with E-state index >= 15 is 0 Å². The van der Waals surface area contributed by atoms with Crippen LogP contribution in [-0.2, 0) is 6.61 Å². The summed E-state index contributed by atoms with van der Waals surface area (Å²) in [6.07, 6.45) is 4.57. The Hall–Kier alpha value is -2.35. The largest absolute Gasteiger partial charge is 0.487 e. The lowest BCUT2D eigenvalue weighted by Crippen LogP contribution is -2.00. The molecule has 1 N–H and O–H groups in total. The van der Waals surface area contributed by atoms with Crippen molar-refractivity contribution in [3.05, 3.63) is 64.3 Å². The molecule has 0 saturated heterocycles. The highest BCUT2D eigenvalue weighted by Crippen LogP contribution is 2.35. The molecule has 1 aromatic carbocycles. The molecule has 0 amide bonds. The minimum absolute atomic E-state index is 0.222. The van der Waals surface area contributed by atoms with Gasteiger partial charge in [-0.05, 0) is 30.8 Å². The third kappa shape index (κ3) is 3.85. The van der Waals surface area contributed by atoms with Crippen LogP contribution >= 0.6 is 35.0 Å². The molecule has 4 rings (SSSR count). The molecule has 3 aromatic heterocycles. The highest BCUT2D eigenvalue weighted by molar-refractivity contribution is 7.99. The Morgan fingerprint density at radius 3 is 2.74 bits per heavy atom. The van der Waals surface area contributed by atoms with E-state index in [1.54, 1.807) is 12.4 Å². The number of halogens is 2. The molecule has 136 valence electrons. The number of fused-ring (bicyclic) bond motifs is 1. The van der Waals surface area contributed by atoms with Gasteiger partial charge in [-0.15, -0.1) is 0 Å². The van der Waals surface area contributed by atoms with Crippen molar-refractivity contribution in [2.75, 3.05) is 0 Å². The summed E-state index contributed by atoms with van der Waals surface area (Å²) in [6.45, 7) is 2.16. The highest BCUT2D eigenvalue weighted by Gasteiger charge is 2.13. The van der Waals surface area contributed by atoms with Crippen molar-refractivity contribution in [2.45, 2.75) is 23.6 Å². The Morgan fingerprint density at radius 1 is 1.19 bits per heavy atom. The summed E-state index contributed by atoms with van der Waals surface area (Å²) in [5.41, 5.74) is 2.33. The van der Waals surface area contributed by atoms with Gasteiger partial charge >= 0.3 is 0 Å². The van der Waals surface area contributed by atoms with Crippen LogP contribution in [-0.4, -0.2) is 25.1 Å². The van der Waals surface area contributed by atoms with Crippen molar-refractivity contribution in [2.24, 2.45) is 0 Å². The smallest absolute Gasteiger partial charge is 0.188 e. The number of hydrogen-bond donors (Lipinski definition) is 1. The van der Waals surface area contributed by atoms with E-state index in [0.717, 1.165) is 21.5 Å². The Labute approximate surface area is 169 Å². The first-order chi connectivity index (χ1) is 13.1. The van der Waals surface area contributed by atoms with E-state index < -0.39 is 0 Å². The van der Waals surface area contributed by atoms with Gasteiger partial charge in [0.15, 0.2) is 5.16 Å². The summed E-state index contributed by atoms with van der Waals surface area (Å²) in [6, 6.07) is 7.81. The van der Waals surface area contributed by atoms with E-state index in [4.69, 9.17) is 27.9 Å². The Kier molecular flexibility index (Phi) is 5.15. The number of rotatable bonds is 5. The van der Waals surface area contributed by atoms with Crippen LogP contribution in [0.3, 0.4) is 0 Å². The molecular formula is C18H13Cl2N5OS. The zero-order valence-electron chi connectivity index (χ0n) is 14.1. The number of benzene rings is 1. The molecule has 0 radical (unpaired) electrons. The fourth-order valence-corrected chi connectivity index (χ4v) is 3.97. The maximum Gasteiger partial charge on any atom is 0.188 e. The number of hydrogen-bond acceptors (Lipinski definition) is 6. The Bertz CT molecular complexity index is 1080. The second-order valence-corrected chi connectivity index (χ2v) is 7.52. The monoisotopic (exact) mass is 417 g/mol. The van der Waals surface area contributed by atoms with E-state index in [9.17, 15) is 0 Å². The maximum absolute atomic E-state index is 6.18. The molecular weight excluding hydrogens is 405 g/mol. The van der Waals surface area contributed by atoms with Crippen LogP contribution in [0.25, 0.3) is 10.9 Å². The van der Waals surface area contributed by atoms with E-state index in [0.29, 0.717) is 26.5 Å². The molecule has 27 heavy (non-hydrogen) atoms. The predicted octanol–water partition coefficient (Wildman–Crippen LogP) is 5.09. The fourth-order valence-electron chi connectivity index (χ4n) is 2.59. The molecule has 4 aromatic rings. The summed E-state index contributed by atoms with van der Waals surface area (Å²) < 4.78 is 6.01. The minimum atomic E-state index is 0.222. The van der Waals surface area contributed by atoms with Crippen molar-refractivity contribution < 1.29 is 4.74 Å². The van der Waals surface area contributed by atoms with Gasteiger partial charge in [-0.25, -0.2) is 9.97 Å². The molecule has 0 bridgehead atoms. The molecule has 0 fully saturated rings. The average Bonchev–Trinajstić information content (AvgIpc) is 3.14. The average molecular weight is 418 g/mol. The predicted molar refractivity (Wildman–Crippen MR) is 106 cm³/mol. The van der Waals surface area contributed by atoms with Crippen LogP contribution in [0.4, 0.5) is 0 Å². The second-order valence-electron chi connectivity index (χ2n) is 5.68. The third-order valence-corrected chi connectivity index (χ3v) is 5.42. The van der Waals surface area contributed by atoms with Gasteiger partial charge in [0.2, 0.25) is 0 Å². The quantitative estimate of drug-likeness (QED) is 0.486. The van der Waals surface area contributed by atoms with Crippen molar-refractivity contribution in [3.8, 4) is 5.75 Å². The molecule has 6 nitrogen and oxygen atoms in total. The number of H-pyrrole nitrogens is 1. The first-order valence-electron chi connectivity index (χ1n) is 7.96. The molecule has 0 unspecified atom stereocenters. The van der Waals surface area contributed by atoms with Crippen LogP contribution in [0.2, 0.25) is 10.0 Å². The first kappa shape index (κ1) is 18.0. The zero-order valence-corrected chi connectivity index (χ0v) is 16.4. The van der Waals surface area contributed by atoms with E-state index in [-0.39, 0.29) is 6.61 Å². The number of aryl methyl sites for hydroxylation is 1. The summed E-state index contributed by atoms with van der Waals surface area (Å²) in [7, 11) is 0. The van der Waals surface area contributed by atoms with Gasteiger partial charge in [-0.2, -0.15) is 5.10 Å². The van der Waals surface area contributed by atoms with Crippen molar-refractivity contribution in [1.29, 1.82) is 0 Å². The first-order valence-corrected chi connectivity index (χ1v) is 9.53. The molecule has 0 spiro atoms. The lowest BCUT2D eigenvalue weighted by molar-refractivity contribution is 0.309. The summed E-state index contributed by atoms with van der Waals surface area (Å²) >= 11 is 13.9. The third-order valence-electron chi connectivity index (χ3n) is 3.82. The Balaban J connectivity index is 1.70. The minimum Gasteiger partial charge on any atom is -0.487 e. The molecule has 0 aliphatic rings. The van der Waals surface area contributed by atoms with Crippen LogP contribution in [0.15, 0.2) is 53.0 Å². The van der Waals surface area contributed by atoms with Gasteiger partial charge in [0.1, 0.15) is 24.2 Å². The molecule has 0 aliphatic carbocycles.